The predicted octanol–water partition coefficient (Wildman–Crippen LogP) is 3.40. The summed E-state index contributed by atoms with van der Waals surface area (Å²) in [7, 11) is 0. The van der Waals surface area contributed by atoms with Crippen molar-refractivity contribution in [1.29, 1.82) is 0 Å². The summed E-state index contributed by atoms with van der Waals surface area (Å²) in [5.74, 6) is 0.125. The lowest BCUT2D eigenvalue weighted by Gasteiger charge is -2.26. The smallest absolute Gasteiger partial charge is 0.387 e. The quantitative estimate of drug-likeness (QED) is 0.637. The molecule has 1 aliphatic heterocycles. The van der Waals surface area contributed by atoms with Crippen LogP contribution in [0.25, 0.3) is 11.1 Å². The third-order valence-electron chi connectivity index (χ3n) is 5.07. The van der Waals surface area contributed by atoms with Crippen molar-refractivity contribution in [3.63, 3.8) is 0 Å². The van der Waals surface area contributed by atoms with Crippen molar-refractivity contribution in [1.82, 2.24) is 20.2 Å². The second-order valence-corrected chi connectivity index (χ2v) is 7.13. The fraction of sp³-hybridized carbons (Fsp3) is 0.300. The van der Waals surface area contributed by atoms with E-state index in [4.69, 9.17) is 4.74 Å². The molecule has 8 nitrogen and oxygen atoms in total. The Bertz CT molecular complexity index is 1080. The Kier molecular flexibility index (Phi) is 5.02. The van der Waals surface area contributed by atoms with Crippen molar-refractivity contribution >= 4 is 17.6 Å². The molecular weight excluding hydrogens is 413 g/mol. The van der Waals surface area contributed by atoms with Crippen molar-refractivity contribution in [3.05, 3.63) is 48.5 Å². The van der Waals surface area contributed by atoms with Gasteiger partial charge in [0.15, 0.2) is 17.5 Å². The molecule has 1 saturated carbocycles. The van der Waals surface area contributed by atoms with Crippen LogP contribution in [0, 0.1) is 5.82 Å². The SMILES string of the molecule is Fc1cnc(N2CCOC3CC32)nc1Nc1cc(-c2ccc(OC(F)F)cc2)cnn1. The lowest BCUT2D eigenvalue weighted by Crippen LogP contribution is -2.38. The molecule has 3 aromatic rings. The lowest BCUT2D eigenvalue weighted by molar-refractivity contribution is -0.0498. The molecule has 11 heteroatoms. The third kappa shape index (κ3) is 4.22. The zero-order valence-corrected chi connectivity index (χ0v) is 16.1. The van der Waals surface area contributed by atoms with Gasteiger partial charge in [0.2, 0.25) is 5.95 Å². The highest BCUT2D eigenvalue weighted by Gasteiger charge is 2.46. The lowest BCUT2D eigenvalue weighted by atomic mass is 10.1. The molecule has 5 rings (SSSR count). The van der Waals surface area contributed by atoms with Gasteiger partial charge in [0.25, 0.3) is 0 Å². The number of rotatable bonds is 6. The first-order chi connectivity index (χ1) is 15.1. The Hall–Kier alpha value is -3.47. The molecule has 2 unspecified atom stereocenters. The van der Waals surface area contributed by atoms with Gasteiger partial charge in [-0.1, -0.05) is 12.1 Å². The largest absolute Gasteiger partial charge is 0.435 e. The van der Waals surface area contributed by atoms with Crippen LogP contribution < -0.4 is 15.0 Å². The second kappa shape index (κ2) is 7.99. The van der Waals surface area contributed by atoms with Gasteiger partial charge in [0.1, 0.15) is 5.75 Å². The van der Waals surface area contributed by atoms with Gasteiger partial charge in [-0.05, 0) is 30.2 Å². The van der Waals surface area contributed by atoms with Crippen molar-refractivity contribution in [2.75, 3.05) is 23.4 Å². The number of nitrogens with zero attached hydrogens (tertiary/aromatic N) is 5. The van der Waals surface area contributed by atoms with E-state index in [0.29, 0.717) is 30.2 Å². The van der Waals surface area contributed by atoms with Crippen molar-refractivity contribution in [2.45, 2.75) is 25.2 Å². The summed E-state index contributed by atoms with van der Waals surface area (Å²) in [6, 6.07) is 7.98. The maximum absolute atomic E-state index is 14.3. The summed E-state index contributed by atoms with van der Waals surface area (Å²) in [6.45, 7) is -1.66. The van der Waals surface area contributed by atoms with E-state index >= 15 is 0 Å². The molecule has 31 heavy (non-hydrogen) atoms. The number of anilines is 3. The molecular formula is C20H17F3N6O2. The van der Waals surface area contributed by atoms with Crippen LogP contribution in [0.15, 0.2) is 42.7 Å². The highest BCUT2D eigenvalue weighted by molar-refractivity contribution is 5.67. The Morgan fingerprint density at radius 1 is 1.16 bits per heavy atom. The summed E-state index contributed by atoms with van der Waals surface area (Å²) in [4.78, 5) is 10.5. The second-order valence-electron chi connectivity index (χ2n) is 7.13. The molecule has 3 heterocycles. The minimum absolute atomic E-state index is 0.0131. The van der Waals surface area contributed by atoms with Crippen molar-refractivity contribution in [3.8, 4) is 16.9 Å². The number of nitrogens with one attached hydrogen (secondary N) is 1. The average molecular weight is 430 g/mol. The molecule has 1 aromatic carbocycles. The summed E-state index contributed by atoms with van der Waals surface area (Å²) < 4.78 is 48.9. The number of halogens is 3. The average Bonchev–Trinajstić information content (AvgIpc) is 3.56. The molecule has 0 amide bonds. The molecule has 0 spiro atoms. The van der Waals surface area contributed by atoms with Crippen LogP contribution in [0.2, 0.25) is 0 Å². The molecule has 1 saturated heterocycles. The third-order valence-corrected chi connectivity index (χ3v) is 5.07. The normalized spacial score (nSPS) is 19.8. The van der Waals surface area contributed by atoms with E-state index in [1.165, 1.54) is 18.3 Å². The van der Waals surface area contributed by atoms with Gasteiger partial charge >= 0.3 is 6.61 Å². The van der Waals surface area contributed by atoms with Gasteiger partial charge in [-0.15, -0.1) is 5.10 Å². The predicted molar refractivity (Wildman–Crippen MR) is 105 cm³/mol. The van der Waals surface area contributed by atoms with E-state index in [0.717, 1.165) is 12.6 Å². The van der Waals surface area contributed by atoms with Gasteiger partial charge in [0, 0.05) is 12.1 Å². The zero-order valence-electron chi connectivity index (χ0n) is 16.1. The van der Waals surface area contributed by atoms with Crippen LogP contribution in [0.3, 0.4) is 0 Å². The molecule has 1 aliphatic carbocycles. The van der Waals surface area contributed by atoms with Crippen LogP contribution in [0.1, 0.15) is 6.42 Å². The van der Waals surface area contributed by atoms with Gasteiger partial charge in [0.05, 0.1) is 31.1 Å². The molecule has 2 aliphatic rings. The summed E-state index contributed by atoms with van der Waals surface area (Å²) >= 11 is 0. The first-order valence-corrected chi connectivity index (χ1v) is 9.62. The molecule has 2 atom stereocenters. The molecule has 2 aromatic heterocycles. The first kappa shape index (κ1) is 19.5. The Balaban J connectivity index is 1.35. The number of benzene rings is 1. The zero-order chi connectivity index (χ0) is 21.4. The van der Waals surface area contributed by atoms with Crippen LogP contribution in [0.4, 0.5) is 30.8 Å². The van der Waals surface area contributed by atoms with Gasteiger partial charge in [-0.25, -0.2) is 9.37 Å². The maximum atomic E-state index is 14.3. The minimum Gasteiger partial charge on any atom is -0.435 e. The highest BCUT2D eigenvalue weighted by Crippen LogP contribution is 2.36. The molecule has 1 N–H and O–H groups in total. The first-order valence-electron chi connectivity index (χ1n) is 9.62. The number of ether oxygens (including phenoxy) is 2. The van der Waals surface area contributed by atoms with Crippen molar-refractivity contribution in [2.24, 2.45) is 0 Å². The Morgan fingerprint density at radius 2 is 2.00 bits per heavy atom. The standard InChI is InChI=1S/C20H17F3N6O2/c21-14-10-24-20(29-5-6-30-16-8-15(16)29)27-18(14)26-17-7-12(9-25-28-17)11-1-3-13(4-2-11)31-19(22)23/h1-4,7,9-10,15-16,19H,5-6,8H2,(H,24,26,27,28). The van der Waals surface area contributed by atoms with Crippen LogP contribution in [0.5, 0.6) is 5.75 Å². The van der Waals surface area contributed by atoms with E-state index < -0.39 is 12.4 Å². The Labute approximate surface area is 175 Å². The number of hydrogen-bond acceptors (Lipinski definition) is 8. The number of hydrogen-bond donors (Lipinski definition) is 1. The minimum atomic E-state index is -2.89. The van der Waals surface area contributed by atoms with Gasteiger partial charge in [-0.3, -0.25) is 0 Å². The highest BCUT2D eigenvalue weighted by atomic mass is 19.3. The van der Waals surface area contributed by atoms with E-state index in [2.05, 4.69) is 30.2 Å². The van der Waals surface area contributed by atoms with Crippen molar-refractivity contribution < 1.29 is 22.6 Å². The molecule has 0 bridgehead atoms. The van der Waals surface area contributed by atoms with E-state index in [1.54, 1.807) is 18.2 Å². The number of aromatic nitrogens is 4. The maximum Gasteiger partial charge on any atom is 0.387 e. The van der Waals surface area contributed by atoms with E-state index in [9.17, 15) is 13.2 Å². The van der Waals surface area contributed by atoms with E-state index in [1.807, 2.05) is 4.90 Å². The monoisotopic (exact) mass is 430 g/mol. The summed E-state index contributed by atoms with van der Waals surface area (Å²) in [5.41, 5.74) is 1.36. The van der Waals surface area contributed by atoms with Gasteiger partial charge < -0.3 is 19.7 Å². The van der Waals surface area contributed by atoms with E-state index in [-0.39, 0.29) is 29.5 Å². The molecule has 160 valence electrons. The topological polar surface area (TPSA) is 85.3 Å². The molecule has 0 radical (unpaired) electrons. The number of morpholine rings is 1. The van der Waals surface area contributed by atoms with Crippen LogP contribution >= 0.6 is 0 Å². The fourth-order valence-electron chi connectivity index (χ4n) is 3.50. The summed E-state index contributed by atoms with van der Waals surface area (Å²) in [5, 5.41) is 10.8. The van der Waals surface area contributed by atoms with Gasteiger partial charge in [-0.2, -0.15) is 18.9 Å². The molecule has 2 fully saturated rings. The fourth-order valence-corrected chi connectivity index (χ4v) is 3.50. The van der Waals surface area contributed by atoms with Crippen LogP contribution in [-0.4, -0.2) is 52.1 Å². The summed E-state index contributed by atoms with van der Waals surface area (Å²) in [6.07, 6.45) is 3.74. The number of alkyl halides is 2. The van der Waals surface area contributed by atoms with Crippen LogP contribution in [-0.2, 0) is 4.74 Å². The Morgan fingerprint density at radius 3 is 2.81 bits per heavy atom. The number of fused-ring (bicyclic) bond motifs is 1.